The van der Waals surface area contributed by atoms with Crippen LogP contribution < -0.4 is 9.47 Å². The van der Waals surface area contributed by atoms with Gasteiger partial charge in [-0.15, -0.1) is 0 Å². The van der Waals surface area contributed by atoms with Gasteiger partial charge in [-0.1, -0.05) is 30.3 Å². The number of ether oxygens (including phenoxy) is 2. The number of hydrogen-bond acceptors (Lipinski definition) is 4. The molecule has 1 heterocycles. The van der Waals surface area contributed by atoms with E-state index in [0.29, 0.717) is 25.3 Å². The molecule has 0 saturated carbocycles. The molecule has 0 aromatic heterocycles. The highest BCUT2D eigenvalue weighted by molar-refractivity contribution is 5.74. The highest BCUT2D eigenvalue weighted by Gasteiger charge is 2.31. The second-order valence-corrected chi connectivity index (χ2v) is 5.91. The monoisotopic (exact) mass is 327 g/mol. The van der Waals surface area contributed by atoms with Crippen LogP contribution in [0.2, 0.25) is 0 Å². The molecule has 1 aliphatic heterocycles. The van der Waals surface area contributed by atoms with E-state index >= 15 is 0 Å². The van der Waals surface area contributed by atoms with E-state index in [1.165, 1.54) is 5.56 Å². The normalized spacial score (nSPS) is 17.2. The molecule has 0 spiro atoms. The molecule has 0 unspecified atom stereocenters. The maximum atomic E-state index is 11.7. The third-order valence-electron chi connectivity index (χ3n) is 4.50. The highest BCUT2D eigenvalue weighted by Crippen LogP contribution is 2.30. The minimum absolute atomic E-state index is 0.512. The SMILES string of the molecule is COc1ccc(CN2Cc3ccccc3C[C@H]2C(=O)O)c(OC)c1. The molecule has 2 aromatic rings. The maximum absolute atomic E-state index is 11.7. The molecule has 3 rings (SSSR count). The van der Waals surface area contributed by atoms with E-state index in [4.69, 9.17) is 9.47 Å². The van der Waals surface area contributed by atoms with Crippen LogP contribution in [0.5, 0.6) is 11.5 Å². The summed E-state index contributed by atoms with van der Waals surface area (Å²) in [5.74, 6) is 0.628. The number of carbonyl (C=O) groups is 1. The summed E-state index contributed by atoms with van der Waals surface area (Å²) in [4.78, 5) is 13.7. The summed E-state index contributed by atoms with van der Waals surface area (Å²) in [6.45, 7) is 1.13. The maximum Gasteiger partial charge on any atom is 0.321 e. The van der Waals surface area contributed by atoms with Gasteiger partial charge in [0.2, 0.25) is 0 Å². The third-order valence-corrected chi connectivity index (χ3v) is 4.50. The first-order valence-electron chi connectivity index (χ1n) is 7.87. The lowest BCUT2D eigenvalue weighted by atomic mass is 9.93. The van der Waals surface area contributed by atoms with Gasteiger partial charge in [-0.2, -0.15) is 0 Å². The molecule has 0 bridgehead atoms. The minimum atomic E-state index is -0.794. The fourth-order valence-electron chi connectivity index (χ4n) is 3.19. The van der Waals surface area contributed by atoms with Crippen molar-refractivity contribution in [3.63, 3.8) is 0 Å². The van der Waals surface area contributed by atoms with Gasteiger partial charge in [-0.05, 0) is 23.6 Å². The van der Waals surface area contributed by atoms with Gasteiger partial charge in [0.25, 0.3) is 0 Å². The van der Waals surface area contributed by atoms with Gasteiger partial charge in [0.1, 0.15) is 17.5 Å². The number of aliphatic carboxylic acids is 1. The van der Waals surface area contributed by atoms with Crippen LogP contribution in [0.1, 0.15) is 16.7 Å². The van der Waals surface area contributed by atoms with Crippen molar-refractivity contribution in [2.24, 2.45) is 0 Å². The van der Waals surface area contributed by atoms with Crippen LogP contribution in [0.15, 0.2) is 42.5 Å². The fourth-order valence-corrected chi connectivity index (χ4v) is 3.19. The lowest BCUT2D eigenvalue weighted by molar-refractivity contribution is -0.144. The Morgan fingerprint density at radius 2 is 1.92 bits per heavy atom. The van der Waals surface area contributed by atoms with Crippen molar-refractivity contribution in [3.05, 3.63) is 59.2 Å². The van der Waals surface area contributed by atoms with Gasteiger partial charge in [-0.3, -0.25) is 9.69 Å². The summed E-state index contributed by atoms with van der Waals surface area (Å²) in [7, 11) is 3.22. The second kappa shape index (κ2) is 6.93. The summed E-state index contributed by atoms with van der Waals surface area (Å²) in [5, 5.41) is 9.63. The van der Waals surface area contributed by atoms with Crippen LogP contribution in [0.3, 0.4) is 0 Å². The molecule has 24 heavy (non-hydrogen) atoms. The van der Waals surface area contributed by atoms with Gasteiger partial charge in [0.05, 0.1) is 14.2 Å². The Labute approximate surface area is 141 Å². The average molecular weight is 327 g/mol. The van der Waals surface area contributed by atoms with E-state index in [1.807, 2.05) is 41.3 Å². The van der Waals surface area contributed by atoms with Crippen molar-refractivity contribution in [2.75, 3.05) is 14.2 Å². The molecular weight excluding hydrogens is 306 g/mol. The zero-order valence-corrected chi connectivity index (χ0v) is 13.9. The summed E-state index contributed by atoms with van der Waals surface area (Å²) in [6.07, 6.45) is 0.518. The Morgan fingerprint density at radius 3 is 2.58 bits per heavy atom. The minimum Gasteiger partial charge on any atom is -0.497 e. The topological polar surface area (TPSA) is 59.0 Å². The van der Waals surface area contributed by atoms with Gasteiger partial charge in [0, 0.05) is 24.7 Å². The first-order chi connectivity index (χ1) is 11.6. The molecule has 1 N–H and O–H groups in total. The highest BCUT2D eigenvalue weighted by atomic mass is 16.5. The van der Waals surface area contributed by atoms with Gasteiger partial charge in [0.15, 0.2) is 0 Å². The molecule has 0 fully saturated rings. The Hall–Kier alpha value is -2.53. The number of rotatable bonds is 5. The van der Waals surface area contributed by atoms with Crippen molar-refractivity contribution in [3.8, 4) is 11.5 Å². The molecule has 1 atom stereocenters. The van der Waals surface area contributed by atoms with E-state index in [0.717, 1.165) is 16.9 Å². The second-order valence-electron chi connectivity index (χ2n) is 5.91. The first-order valence-corrected chi connectivity index (χ1v) is 7.87. The Morgan fingerprint density at radius 1 is 1.17 bits per heavy atom. The summed E-state index contributed by atoms with van der Waals surface area (Å²) >= 11 is 0. The number of nitrogens with zero attached hydrogens (tertiary/aromatic N) is 1. The molecule has 1 aliphatic rings. The van der Waals surface area contributed by atoms with Crippen molar-refractivity contribution >= 4 is 5.97 Å². The molecule has 5 heteroatoms. The smallest absolute Gasteiger partial charge is 0.321 e. The lowest BCUT2D eigenvalue weighted by Crippen LogP contribution is -2.45. The van der Waals surface area contributed by atoms with Crippen LogP contribution in [-0.2, 0) is 24.3 Å². The molecule has 0 radical (unpaired) electrons. The lowest BCUT2D eigenvalue weighted by Gasteiger charge is -2.34. The van der Waals surface area contributed by atoms with Crippen molar-refractivity contribution in [1.29, 1.82) is 0 Å². The number of carboxylic acid groups (broad SMARTS) is 1. The summed E-state index contributed by atoms with van der Waals surface area (Å²) < 4.78 is 10.7. The van der Waals surface area contributed by atoms with Crippen LogP contribution in [0.4, 0.5) is 0 Å². The molecule has 2 aromatic carbocycles. The van der Waals surface area contributed by atoms with Crippen LogP contribution >= 0.6 is 0 Å². The fraction of sp³-hybridized carbons (Fsp3) is 0.316. The van der Waals surface area contributed by atoms with E-state index in [2.05, 4.69) is 6.07 Å². The number of fused-ring (bicyclic) bond motifs is 1. The molecule has 0 aliphatic carbocycles. The number of benzene rings is 2. The Balaban J connectivity index is 1.89. The number of methoxy groups -OCH3 is 2. The summed E-state index contributed by atoms with van der Waals surface area (Å²) in [6, 6.07) is 13.1. The van der Waals surface area contributed by atoms with E-state index in [1.54, 1.807) is 14.2 Å². The summed E-state index contributed by atoms with van der Waals surface area (Å²) in [5.41, 5.74) is 3.24. The molecule has 5 nitrogen and oxygen atoms in total. The average Bonchev–Trinajstić information content (AvgIpc) is 2.61. The quantitative estimate of drug-likeness (QED) is 0.915. The largest absolute Gasteiger partial charge is 0.497 e. The molecule has 0 saturated heterocycles. The zero-order chi connectivity index (χ0) is 17.1. The molecular formula is C19H21NO4. The number of hydrogen-bond donors (Lipinski definition) is 1. The van der Waals surface area contributed by atoms with Crippen molar-refractivity contribution in [2.45, 2.75) is 25.6 Å². The first kappa shape index (κ1) is 16.3. The van der Waals surface area contributed by atoms with Crippen LogP contribution in [0.25, 0.3) is 0 Å². The van der Waals surface area contributed by atoms with E-state index in [9.17, 15) is 9.90 Å². The molecule has 126 valence electrons. The molecule has 0 amide bonds. The Kier molecular flexibility index (Phi) is 4.71. The van der Waals surface area contributed by atoms with E-state index in [-0.39, 0.29) is 0 Å². The Bertz CT molecular complexity index is 744. The van der Waals surface area contributed by atoms with Gasteiger partial charge >= 0.3 is 5.97 Å². The predicted octanol–water partition coefficient (Wildman–Crippen LogP) is 2.72. The number of carboxylic acids is 1. The third kappa shape index (κ3) is 3.21. The van der Waals surface area contributed by atoms with E-state index < -0.39 is 12.0 Å². The zero-order valence-electron chi connectivity index (χ0n) is 13.9. The predicted molar refractivity (Wildman–Crippen MR) is 90.4 cm³/mol. The van der Waals surface area contributed by atoms with Crippen LogP contribution in [0, 0.1) is 0 Å². The van der Waals surface area contributed by atoms with Crippen molar-refractivity contribution in [1.82, 2.24) is 4.90 Å². The standard InChI is InChI=1S/C19H21NO4/c1-23-16-8-7-15(18(10-16)24-2)12-20-11-14-6-4-3-5-13(14)9-17(20)19(21)22/h3-8,10,17H,9,11-12H2,1-2H3,(H,21,22)/t17-/m0/s1. The van der Waals surface area contributed by atoms with Crippen molar-refractivity contribution < 1.29 is 19.4 Å². The van der Waals surface area contributed by atoms with Crippen LogP contribution in [-0.4, -0.2) is 36.2 Å². The van der Waals surface area contributed by atoms with Gasteiger partial charge in [-0.25, -0.2) is 0 Å². The van der Waals surface area contributed by atoms with Gasteiger partial charge < -0.3 is 14.6 Å².